The summed E-state index contributed by atoms with van der Waals surface area (Å²) in [5.41, 5.74) is 4.31. The van der Waals surface area contributed by atoms with Crippen molar-refractivity contribution in [3.8, 4) is 16.3 Å². The van der Waals surface area contributed by atoms with E-state index in [1.807, 2.05) is 47.8 Å². The number of carbonyl (C=O) groups is 1. The predicted octanol–water partition coefficient (Wildman–Crippen LogP) is 4.38. The standard InChI is InChI=1S/C21H22N2O2S/c1-15-6-3-4-7-17(15)13-22-20(24)11-10-18-14-26-21(23-18)16-8-5-9-19(12-16)25-2/h3-9,12,14H,10-11,13H2,1-2H3,(H,22,24). The average Bonchev–Trinajstić information content (AvgIpc) is 3.15. The van der Waals surface area contributed by atoms with Crippen molar-refractivity contribution in [1.82, 2.24) is 10.3 Å². The number of methoxy groups -OCH3 is 1. The van der Waals surface area contributed by atoms with E-state index in [0.29, 0.717) is 19.4 Å². The molecule has 1 N–H and O–H groups in total. The molecule has 4 nitrogen and oxygen atoms in total. The van der Waals surface area contributed by atoms with Crippen LogP contribution in [0.2, 0.25) is 0 Å². The molecule has 0 fully saturated rings. The van der Waals surface area contributed by atoms with Gasteiger partial charge in [0, 0.05) is 23.9 Å². The highest BCUT2D eigenvalue weighted by atomic mass is 32.1. The van der Waals surface area contributed by atoms with Crippen LogP contribution in [0.25, 0.3) is 10.6 Å². The summed E-state index contributed by atoms with van der Waals surface area (Å²) in [6.07, 6.45) is 1.08. The van der Waals surface area contributed by atoms with Crippen molar-refractivity contribution in [2.45, 2.75) is 26.3 Å². The maximum absolute atomic E-state index is 12.1. The SMILES string of the molecule is COc1cccc(-c2nc(CCC(=O)NCc3ccccc3C)cs2)c1. The van der Waals surface area contributed by atoms with E-state index in [1.54, 1.807) is 18.4 Å². The van der Waals surface area contributed by atoms with Crippen LogP contribution in [0.5, 0.6) is 5.75 Å². The molecule has 1 amide bonds. The summed E-state index contributed by atoms with van der Waals surface area (Å²) >= 11 is 1.59. The third-order valence-corrected chi connectivity index (χ3v) is 5.15. The fourth-order valence-corrected chi connectivity index (χ4v) is 3.49. The minimum Gasteiger partial charge on any atom is -0.497 e. The van der Waals surface area contributed by atoms with Crippen LogP contribution in [-0.2, 0) is 17.8 Å². The number of nitrogens with zero attached hydrogens (tertiary/aromatic N) is 1. The molecule has 0 radical (unpaired) electrons. The van der Waals surface area contributed by atoms with Gasteiger partial charge in [0.15, 0.2) is 0 Å². The van der Waals surface area contributed by atoms with E-state index in [-0.39, 0.29) is 5.91 Å². The van der Waals surface area contributed by atoms with Crippen molar-refractivity contribution in [1.29, 1.82) is 0 Å². The number of hydrogen-bond acceptors (Lipinski definition) is 4. The van der Waals surface area contributed by atoms with Gasteiger partial charge in [-0.15, -0.1) is 11.3 Å². The molecule has 26 heavy (non-hydrogen) atoms. The second-order valence-electron chi connectivity index (χ2n) is 6.08. The van der Waals surface area contributed by atoms with Gasteiger partial charge in [0.1, 0.15) is 10.8 Å². The predicted molar refractivity (Wildman–Crippen MR) is 105 cm³/mol. The molecular formula is C21H22N2O2S. The Morgan fingerprint density at radius 3 is 2.85 bits per heavy atom. The Hall–Kier alpha value is -2.66. The number of aromatic nitrogens is 1. The Balaban J connectivity index is 1.53. The van der Waals surface area contributed by atoms with Gasteiger partial charge in [-0.25, -0.2) is 4.98 Å². The molecule has 3 aromatic rings. The van der Waals surface area contributed by atoms with Gasteiger partial charge >= 0.3 is 0 Å². The summed E-state index contributed by atoms with van der Waals surface area (Å²) in [5, 5.41) is 5.94. The van der Waals surface area contributed by atoms with Crippen LogP contribution in [0.4, 0.5) is 0 Å². The normalized spacial score (nSPS) is 10.5. The number of carbonyl (C=O) groups excluding carboxylic acids is 1. The molecule has 0 aliphatic rings. The topological polar surface area (TPSA) is 51.2 Å². The highest BCUT2D eigenvalue weighted by Crippen LogP contribution is 2.27. The number of ether oxygens (including phenoxy) is 1. The summed E-state index contributed by atoms with van der Waals surface area (Å²) in [5.74, 6) is 0.860. The van der Waals surface area contributed by atoms with E-state index in [0.717, 1.165) is 27.6 Å². The van der Waals surface area contributed by atoms with E-state index in [1.165, 1.54) is 5.56 Å². The van der Waals surface area contributed by atoms with Crippen LogP contribution in [0.15, 0.2) is 53.9 Å². The van der Waals surface area contributed by atoms with Crippen LogP contribution < -0.4 is 10.1 Å². The molecule has 0 aliphatic heterocycles. The first-order chi connectivity index (χ1) is 12.7. The summed E-state index contributed by atoms with van der Waals surface area (Å²) in [7, 11) is 1.65. The lowest BCUT2D eigenvalue weighted by molar-refractivity contribution is -0.121. The molecule has 2 aromatic carbocycles. The van der Waals surface area contributed by atoms with E-state index >= 15 is 0 Å². The van der Waals surface area contributed by atoms with Crippen LogP contribution in [0.3, 0.4) is 0 Å². The summed E-state index contributed by atoms with van der Waals surface area (Å²) in [4.78, 5) is 16.8. The molecule has 0 saturated heterocycles. The van der Waals surface area contributed by atoms with Crippen molar-refractivity contribution in [2.75, 3.05) is 7.11 Å². The van der Waals surface area contributed by atoms with Gasteiger partial charge in [0.25, 0.3) is 0 Å². The fraction of sp³-hybridized carbons (Fsp3) is 0.238. The highest BCUT2D eigenvalue weighted by Gasteiger charge is 2.08. The van der Waals surface area contributed by atoms with Gasteiger partial charge < -0.3 is 10.1 Å². The van der Waals surface area contributed by atoms with Gasteiger partial charge in [-0.2, -0.15) is 0 Å². The average molecular weight is 366 g/mol. The number of nitrogens with one attached hydrogen (secondary N) is 1. The molecule has 3 rings (SSSR count). The van der Waals surface area contributed by atoms with Crippen LogP contribution in [0, 0.1) is 6.92 Å². The van der Waals surface area contributed by atoms with Gasteiger partial charge in [-0.05, 0) is 36.6 Å². The van der Waals surface area contributed by atoms with Crippen LogP contribution >= 0.6 is 11.3 Å². The second-order valence-corrected chi connectivity index (χ2v) is 6.94. The van der Waals surface area contributed by atoms with Gasteiger partial charge in [0.2, 0.25) is 5.91 Å². The van der Waals surface area contributed by atoms with E-state index < -0.39 is 0 Å². The molecule has 0 bridgehead atoms. The maximum Gasteiger partial charge on any atom is 0.220 e. The monoisotopic (exact) mass is 366 g/mol. The van der Waals surface area contributed by atoms with E-state index in [4.69, 9.17) is 4.74 Å². The number of aryl methyl sites for hydroxylation is 2. The Bertz CT molecular complexity index is 889. The maximum atomic E-state index is 12.1. The molecule has 0 aliphatic carbocycles. The summed E-state index contributed by atoms with van der Waals surface area (Å²) in [6.45, 7) is 2.62. The second kappa shape index (κ2) is 8.63. The van der Waals surface area contributed by atoms with Crippen molar-refractivity contribution in [2.24, 2.45) is 0 Å². The number of amides is 1. The highest BCUT2D eigenvalue weighted by molar-refractivity contribution is 7.13. The molecule has 0 spiro atoms. The van der Waals surface area contributed by atoms with E-state index in [9.17, 15) is 4.79 Å². The molecule has 0 unspecified atom stereocenters. The Morgan fingerprint density at radius 2 is 2.04 bits per heavy atom. The van der Waals surface area contributed by atoms with Crippen LogP contribution in [-0.4, -0.2) is 18.0 Å². The minimum absolute atomic E-state index is 0.0455. The Kier molecular flexibility index (Phi) is 6.02. The van der Waals surface area contributed by atoms with Crippen molar-refractivity contribution >= 4 is 17.2 Å². The zero-order valence-electron chi connectivity index (χ0n) is 15.0. The Labute approximate surface area is 157 Å². The number of thiazole rings is 1. The number of rotatable bonds is 7. The molecule has 0 saturated carbocycles. The molecule has 1 aromatic heterocycles. The van der Waals surface area contributed by atoms with Crippen molar-refractivity contribution in [3.05, 3.63) is 70.7 Å². The zero-order chi connectivity index (χ0) is 18.4. The lowest BCUT2D eigenvalue weighted by atomic mass is 10.1. The third kappa shape index (κ3) is 4.70. The molecule has 134 valence electrons. The molecular weight excluding hydrogens is 344 g/mol. The molecule has 0 atom stereocenters. The quantitative estimate of drug-likeness (QED) is 0.675. The summed E-state index contributed by atoms with van der Waals surface area (Å²) in [6, 6.07) is 15.9. The smallest absolute Gasteiger partial charge is 0.220 e. The number of hydrogen-bond donors (Lipinski definition) is 1. The van der Waals surface area contributed by atoms with Crippen molar-refractivity contribution in [3.63, 3.8) is 0 Å². The first-order valence-electron chi connectivity index (χ1n) is 8.56. The van der Waals surface area contributed by atoms with Crippen molar-refractivity contribution < 1.29 is 9.53 Å². The zero-order valence-corrected chi connectivity index (χ0v) is 15.8. The number of benzene rings is 2. The first-order valence-corrected chi connectivity index (χ1v) is 9.43. The lowest BCUT2D eigenvalue weighted by Gasteiger charge is -2.07. The van der Waals surface area contributed by atoms with Gasteiger partial charge in [-0.3, -0.25) is 4.79 Å². The fourth-order valence-electron chi connectivity index (χ4n) is 2.64. The lowest BCUT2D eigenvalue weighted by Crippen LogP contribution is -2.23. The molecule has 5 heteroatoms. The summed E-state index contributed by atoms with van der Waals surface area (Å²) < 4.78 is 5.26. The third-order valence-electron chi connectivity index (χ3n) is 4.21. The van der Waals surface area contributed by atoms with Gasteiger partial charge in [-0.1, -0.05) is 36.4 Å². The van der Waals surface area contributed by atoms with Crippen LogP contribution in [0.1, 0.15) is 23.2 Å². The first kappa shape index (κ1) is 18.1. The molecule has 1 heterocycles. The largest absolute Gasteiger partial charge is 0.497 e. The van der Waals surface area contributed by atoms with E-state index in [2.05, 4.69) is 23.3 Å². The minimum atomic E-state index is 0.0455. The van der Waals surface area contributed by atoms with Gasteiger partial charge in [0.05, 0.1) is 12.8 Å². The Morgan fingerprint density at radius 1 is 1.19 bits per heavy atom.